The maximum absolute atomic E-state index is 13.5. The van der Waals surface area contributed by atoms with Crippen molar-refractivity contribution in [2.24, 2.45) is 0 Å². The summed E-state index contributed by atoms with van der Waals surface area (Å²) in [6.45, 7) is 3.80. The molecular weight excluding hydrogens is 609 g/mol. The molecule has 0 saturated carbocycles. The van der Waals surface area contributed by atoms with Gasteiger partial charge in [0.15, 0.2) is 0 Å². The smallest absolute Gasteiger partial charge is 0.313 e. The second kappa shape index (κ2) is 21.8. The highest BCUT2D eigenvalue weighted by molar-refractivity contribution is 9.09. The standard InChI is InChI=1S/C23H31BrF5NO9/c24-15-16(31)30-2-4-34-6-8-36-10-12-38-14-13-37-11-9-35-7-5-33-3-1-17(32)39-23-21(28)19(26)18(25)20(27)22(23)29/h1-15H2,(H,30,31). The molecule has 0 radical (unpaired) electrons. The molecule has 39 heavy (non-hydrogen) atoms. The van der Waals surface area contributed by atoms with Crippen LogP contribution in [0.3, 0.4) is 0 Å². The molecule has 1 amide bonds. The van der Waals surface area contributed by atoms with E-state index in [-0.39, 0.29) is 37.7 Å². The average molecular weight is 640 g/mol. The van der Waals surface area contributed by atoms with E-state index in [2.05, 4.69) is 26.0 Å². The Morgan fingerprint density at radius 1 is 0.564 bits per heavy atom. The fourth-order valence-corrected chi connectivity index (χ4v) is 2.70. The first-order valence-corrected chi connectivity index (χ1v) is 12.9. The molecule has 0 fully saturated rings. The number of hydrogen-bond donors (Lipinski definition) is 1. The van der Waals surface area contributed by atoms with Crippen LogP contribution in [-0.4, -0.2) is 103 Å². The quantitative estimate of drug-likeness (QED) is 0.0367. The predicted molar refractivity (Wildman–Crippen MR) is 128 cm³/mol. The van der Waals surface area contributed by atoms with Gasteiger partial charge >= 0.3 is 5.97 Å². The maximum Gasteiger partial charge on any atom is 0.313 e. The minimum atomic E-state index is -2.35. The van der Waals surface area contributed by atoms with Crippen LogP contribution in [0, 0.1) is 29.1 Å². The lowest BCUT2D eigenvalue weighted by Crippen LogP contribution is -2.28. The van der Waals surface area contributed by atoms with E-state index in [4.69, 9.17) is 28.4 Å². The zero-order valence-electron chi connectivity index (χ0n) is 21.0. The Hall–Kier alpha value is -1.95. The highest BCUT2D eigenvalue weighted by Gasteiger charge is 2.28. The van der Waals surface area contributed by atoms with Gasteiger partial charge in [0.05, 0.1) is 91.0 Å². The lowest BCUT2D eigenvalue weighted by atomic mass is 10.2. The van der Waals surface area contributed by atoms with Crippen LogP contribution in [0.1, 0.15) is 6.42 Å². The minimum absolute atomic E-state index is 0.0810. The van der Waals surface area contributed by atoms with Crippen LogP contribution < -0.4 is 10.1 Å². The van der Waals surface area contributed by atoms with Gasteiger partial charge < -0.3 is 38.5 Å². The third-order valence-electron chi connectivity index (χ3n) is 4.39. The summed E-state index contributed by atoms with van der Waals surface area (Å²) in [6, 6.07) is 0. The van der Waals surface area contributed by atoms with Gasteiger partial charge in [-0.05, 0) is 0 Å². The SMILES string of the molecule is O=C(CBr)NCCOCCOCCOCCOCCOCCOCCC(=O)Oc1c(F)c(F)c(F)c(F)c1F. The van der Waals surface area contributed by atoms with Crippen molar-refractivity contribution in [3.05, 3.63) is 29.1 Å². The van der Waals surface area contributed by atoms with E-state index in [1.165, 1.54) is 0 Å². The van der Waals surface area contributed by atoms with Crippen LogP contribution in [0.5, 0.6) is 5.75 Å². The van der Waals surface area contributed by atoms with Crippen molar-refractivity contribution in [1.82, 2.24) is 5.32 Å². The van der Waals surface area contributed by atoms with Gasteiger partial charge in [0.1, 0.15) is 0 Å². The normalized spacial score (nSPS) is 11.1. The molecule has 1 N–H and O–H groups in total. The molecule has 1 aromatic rings. The number of esters is 1. The summed E-state index contributed by atoms with van der Waals surface area (Å²) in [5, 5.41) is 2.91. The molecular formula is C23H31BrF5NO9. The summed E-state index contributed by atoms with van der Waals surface area (Å²) in [5.74, 6) is -14.2. The molecule has 0 aromatic heterocycles. The lowest BCUT2D eigenvalue weighted by molar-refractivity contribution is -0.136. The number of alkyl halides is 1. The second-order valence-electron chi connectivity index (χ2n) is 7.28. The zero-order chi connectivity index (χ0) is 28.9. The highest BCUT2D eigenvalue weighted by Crippen LogP contribution is 2.29. The number of benzene rings is 1. The Kier molecular flexibility index (Phi) is 19.6. The molecule has 0 aliphatic carbocycles. The predicted octanol–water partition coefficient (Wildman–Crippen LogP) is 2.29. The molecule has 1 aromatic carbocycles. The molecule has 0 aliphatic rings. The van der Waals surface area contributed by atoms with Gasteiger partial charge in [-0.1, -0.05) is 15.9 Å². The first kappa shape index (κ1) is 35.1. The van der Waals surface area contributed by atoms with E-state index in [0.717, 1.165) is 0 Å². The number of carbonyl (C=O) groups excluding carboxylic acids is 2. The maximum atomic E-state index is 13.5. The van der Waals surface area contributed by atoms with Gasteiger partial charge in [0, 0.05) is 6.54 Å². The van der Waals surface area contributed by atoms with Crippen molar-refractivity contribution < 1.29 is 64.7 Å². The van der Waals surface area contributed by atoms with E-state index < -0.39 is 47.2 Å². The summed E-state index contributed by atoms with van der Waals surface area (Å²) < 4.78 is 102. The highest BCUT2D eigenvalue weighted by atomic mass is 79.9. The van der Waals surface area contributed by atoms with E-state index >= 15 is 0 Å². The Bertz CT molecular complexity index is 841. The third-order valence-corrected chi connectivity index (χ3v) is 4.90. The number of amides is 1. The van der Waals surface area contributed by atoms with Crippen LogP contribution >= 0.6 is 15.9 Å². The number of carbonyl (C=O) groups is 2. The number of hydrogen-bond acceptors (Lipinski definition) is 9. The first-order valence-electron chi connectivity index (χ1n) is 11.8. The summed E-state index contributed by atoms with van der Waals surface area (Å²) in [6.07, 6.45) is -0.486. The summed E-state index contributed by atoms with van der Waals surface area (Å²) >= 11 is 3.04. The fourth-order valence-electron chi connectivity index (χ4n) is 2.51. The average Bonchev–Trinajstić information content (AvgIpc) is 2.93. The molecule has 0 aliphatic heterocycles. The van der Waals surface area contributed by atoms with Crippen LogP contribution in [0.4, 0.5) is 22.0 Å². The van der Waals surface area contributed by atoms with Crippen LogP contribution in [-0.2, 0) is 38.0 Å². The van der Waals surface area contributed by atoms with E-state index in [1.54, 1.807) is 0 Å². The van der Waals surface area contributed by atoms with Crippen LogP contribution in [0.2, 0.25) is 0 Å². The number of rotatable bonds is 23. The van der Waals surface area contributed by atoms with Crippen molar-refractivity contribution >= 4 is 27.8 Å². The van der Waals surface area contributed by atoms with Crippen molar-refractivity contribution in [2.45, 2.75) is 6.42 Å². The third kappa shape index (κ3) is 15.4. The largest absolute Gasteiger partial charge is 0.420 e. The van der Waals surface area contributed by atoms with E-state index in [0.29, 0.717) is 59.4 Å². The number of ether oxygens (including phenoxy) is 7. The van der Waals surface area contributed by atoms with E-state index in [9.17, 15) is 31.5 Å². The summed E-state index contributed by atoms with van der Waals surface area (Å²) in [4.78, 5) is 22.6. The molecule has 0 atom stereocenters. The molecule has 0 bridgehead atoms. The summed E-state index contributed by atoms with van der Waals surface area (Å²) in [7, 11) is 0. The molecule has 0 unspecified atom stereocenters. The van der Waals surface area contributed by atoms with Crippen molar-refractivity contribution in [3.8, 4) is 5.75 Å². The topological polar surface area (TPSA) is 111 Å². The molecule has 10 nitrogen and oxygen atoms in total. The van der Waals surface area contributed by atoms with E-state index in [1.807, 2.05) is 0 Å². The fraction of sp³-hybridized carbons (Fsp3) is 0.652. The van der Waals surface area contributed by atoms with Gasteiger partial charge in [-0.2, -0.15) is 8.78 Å². The van der Waals surface area contributed by atoms with Crippen molar-refractivity contribution in [1.29, 1.82) is 0 Å². The van der Waals surface area contributed by atoms with Crippen molar-refractivity contribution in [2.75, 3.05) is 91.2 Å². The Balaban J connectivity index is 1.87. The molecule has 0 heterocycles. The molecule has 1 rings (SSSR count). The van der Waals surface area contributed by atoms with Crippen LogP contribution in [0.15, 0.2) is 0 Å². The van der Waals surface area contributed by atoms with Gasteiger partial charge in [0.25, 0.3) is 0 Å². The number of halogens is 6. The van der Waals surface area contributed by atoms with Gasteiger partial charge in [-0.15, -0.1) is 0 Å². The molecule has 0 spiro atoms. The second-order valence-corrected chi connectivity index (χ2v) is 7.84. The monoisotopic (exact) mass is 639 g/mol. The van der Waals surface area contributed by atoms with Gasteiger partial charge in [-0.25, -0.2) is 13.2 Å². The Morgan fingerprint density at radius 3 is 1.33 bits per heavy atom. The lowest BCUT2D eigenvalue weighted by Gasteiger charge is -2.09. The minimum Gasteiger partial charge on any atom is -0.420 e. The Labute approximate surface area is 230 Å². The van der Waals surface area contributed by atoms with Crippen molar-refractivity contribution in [3.63, 3.8) is 0 Å². The zero-order valence-corrected chi connectivity index (χ0v) is 22.6. The number of nitrogens with one attached hydrogen (secondary N) is 1. The Morgan fingerprint density at radius 2 is 0.923 bits per heavy atom. The molecule has 16 heteroatoms. The molecule has 0 saturated heterocycles. The first-order chi connectivity index (χ1) is 18.8. The molecule has 224 valence electrons. The van der Waals surface area contributed by atoms with Gasteiger partial charge in [-0.3, -0.25) is 9.59 Å². The van der Waals surface area contributed by atoms with Crippen LogP contribution in [0.25, 0.3) is 0 Å². The summed E-state index contributed by atoms with van der Waals surface area (Å²) in [5.41, 5.74) is 0. The van der Waals surface area contributed by atoms with Gasteiger partial charge in [0.2, 0.25) is 40.7 Å².